The van der Waals surface area contributed by atoms with Gasteiger partial charge in [-0.3, -0.25) is 0 Å². The molecule has 0 saturated heterocycles. The molecule has 0 saturated carbocycles. The number of aromatic nitrogens is 1. The number of carboxylic acid groups (broad SMARTS) is 1. The van der Waals surface area contributed by atoms with Crippen LogP contribution in [0.15, 0.2) is 18.2 Å². The van der Waals surface area contributed by atoms with E-state index in [1.54, 1.807) is 0 Å². The van der Waals surface area contributed by atoms with Crippen LogP contribution in [0.1, 0.15) is 28.5 Å². The molecule has 1 heterocycles. The van der Waals surface area contributed by atoms with Gasteiger partial charge in [0.15, 0.2) is 0 Å². The number of aryl methyl sites for hydroxylation is 1. The number of H-pyrrole nitrogens is 1. The summed E-state index contributed by atoms with van der Waals surface area (Å²) in [5.41, 5.74) is 8.79. The first kappa shape index (κ1) is 11.7. The van der Waals surface area contributed by atoms with E-state index in [-0.39, 0.29) is 11.7 Å². The second-order valence-corrected chi connectivity index (χ2v) is 4.51. The maximum absolute atomic E-state index is 11.2. The zero-order chi connectivity index (χ0) is 12.6. The number of hydrogen-bond donors (Lipinski definition) is 3. The van der Waals surface area contributed by atoms with E-state index in [2.05, 4.69) is 4.98 Å². The van der Waals surface area contributed by atoms with Crippen LogP contribution in [0.2, 0.25) is 0 Å². The molecule has 0 aliphatic heterocycles. The van der Waals surface area contributed by atoms with E-state index in [0.717, 1.165) is 22.0 Å². The molecule has 0 bridgehead atoms. The van der Waals surface area contributed by atoms with Crippen LogP contribution in [0, 0.1) is 6.92 Å². The summed E-state index contributed by atoms with van der Waals surface area (Å²) in [6.07, 6.45) is 0.561. The second kappa shape index (κ2) is 4.22. The standard InChI is InChI=1S/C13H16N2O2/c1-7-3-4-11-9(5-7)10(6-8(2)14)12(15-11)13(16)17/h3-5,8,15H,6,14H2,1-2H3,(H,16,17). The van der Waals surface area contributed by atoms with Crippen molar-refractivity contribution in [2.75, 3.05) is 0 Å². The zero-order valence-electron chi connectivity index (χ0n) is 9.95. The van der Waals surface area contributed by atoms with Crippen molar-refractivity contribution in [3.05, 3.63) is 35.0 Å². The fourth-order valence-corrected chi connectivity index (χ4v) is 2.08. The number of aromatic amines is 1. The molecule has 4 nitrogen and oxygen atoms in total. The number of aromatic carboxylic acids is 1. The first-order chi connectivity index (χ1) is 7.99. The van der Waals surface area contributed by atoms with Crippen LogP contribution in [-0.2, 0) is 6.42 Å². The number of benzene rings is 1. The third-order valence-corrected chi connectivity index (χ3v) is 2.80. The lowest BCUT2D eigenvalue weighted by atomic mass is 10.0. The summed E-state index contributed by atoms with van der Waals surface area (Å²) < 4.78 is 0. The van der Waals surface area contributed by atoms with Crippen LogP contribution in [0.25, 0.3) is 10.9 Å². The SMILES string of the molecule is Cc1ccc2[nH]c(C(=O)O)c(CC(C)N)c2c1. The third kappa shape index (κ3) is 2.17. The lowest BCUT2D eigenvalue weighted by Gasteiger charge is -2.05. The first-order valence-electron chi connectivity index (χ1n) is 5.59. The van der Waals surface area contributed by atoms with Gasteiger partial charge in [-0.15, -0.1) is 0 Å². The molecule has 0 fully saturated rings. The summed E-state index contributed by atoms with van der Waals surface area (Å²) in [6.45, 7) is 3.86. The molecule has 1 aromatic heterocycles. The minimum atomic E-state index is -0.936. The van der Waals surface area contributed by atoms with Gasteiger partial charge in [0.05, 0.1) is 0 Å². The summed E-state index contributed by atoms with van der Waals surface area (Å²) >= 11 is 0. The van der Waals surface area contributed by atoms with Crippen LogP contribution >= 0.6 is 0 Å². The quantitative estimate of drug-likeness (QED) is 0.757. The number of hydrogen-bond acceptors (Lipinski definition) is 2. The molecule has 2 rings (SSSR count). The second-order valence-electron chi connectivity index (χ2n) is 4.51. The lowest BCUT2D eigenvalue weighted by Crippen LogP contribution is -2.19. The van der Waals surface area contributed by atoms with Gasteiger partial charge in [0.1, 0.15) is 5.69 Å². The Morgan fingerprint density at radius 3 is 2.82 bits per heavy atom. The van der Waals surface area contributed by atoms with Crippen molar-refractivity contribution in [2.45, 2.75) is 26.3 Å². The minimum Gasteiger partial charge on any atom is -0.477 e. The average molecular weight is 232 g/mol. The van der Waals surface area contributed by atoms with E-state index in [1.807, 2.05) is 32.0 Å². The number of rotatable bonds is 3. The van der Waals surface area contributed by atoms with Crippen molar-refractivity contribution in [1.29, 1.82) is 0 Å². The van der Waals surface area contributed by atoms with E-state index < -0.39 is 5.97 Å². The lowest BCUT2D eigenvalue weighted by molar-refractivity contribution is 0.0690. The van der Waals surface area contributed by atoms with Crippen LogP contribution in [-0.4, -0.2) is 22.1 Å². The molecular formula is C13H16N2O2. The largest absolute Gasteiger partial charge is 0.477 e. The highest BCUT2D eigenvalue weighted by molar-refractivity contribution is 5.97. The number of nitrogens with two attached hydrogens (primary N) is 1. The highest BCUT2D eigenvalue weighted by atomic mass is 16.4. The normalized spacial score (nSPS) is 12.9. The Morgan fingerprint density at radius 2 is 2.24 bits per heavy atom. The number of nitrogens with one attached hydrogen (secondary N) is 1. The molecule has 2 aromatic rings. The third-order valence-electron chi connectivity index (χ3n) is 2.80. The number of carboxylic acids is 1. The van der Waals surface area contributed by atoms with Crippen molar-refractivity contribution in [3.63, 3.8) is 0 Å². The number of carbonyl (C=O) groups is 1. The van der Waals surface area contributed by atoms with Crippen molar-refractivity contribution in [2.24, 2.45) is 5.73 Å². The van der Waals surface area contributed by atoms with Gasteiger partial charge in [-0.1, -0.05) is 11.6 Å². The Labute approximate surface area is 99.4 Å². The maximum Gasteiger partial charge on any atom is 0.352 e. The average Bonchev–Trinajstić information content (AvgIpc) is 2.56. The van der Waals surface area contributed by atoms with Crippen LogP contribution in [0.4, 0.5) is 0 Å². The minimum absolute atomic E-state index is 0.0624. The molecule has 0 spiro atoms. The molecule has 1 atom stereocenters. The Hall–Kier alpha value is -1.81. The topological polar surface area (TPSA) is 79.1 Å². The molecule has 90 valence electrons. The monoisotopic (exact) mass is 232 g/mol. The van der Waals surface area contributed by atoms with Crippen molar-refractivity contribution < 1.29 is 9.90 Å². The van der Waals surface area contributed by atoms with Gasteiger partial charge < -0.3 is 15.8 Å². The molecule has 0 amide bonds. The van der Waals surface area contributed by atoms with E-state index in [0.29, 0.717) is 6.42 Å². The molecular weight excluding hydrogens is 216 g/mol. The first-order valence-corrected chi connectivity index (χ1v) is 5.59. The summed E-state index contributed by atoms with van der Waals surface area (Å²) in [7, 11) is 0. The van der Waals surface area contributed by atoms with Crippen LogP contribution < -0.4 is 5.73 Å². The predicted molar refractivity (Wildman–Crippen MR) is 67.3 cm³/mol. The summed E-state index contributed by atoms with van der Waals surface area (Å²) in [5.74, 6) is -0.936. The van der Waals surface area contributed by atoms with E-state index in [9.17, 15) is 9.90 Å². The maximum atomic E-state index is 11.2. The Kier molecular flexibility index (Phi) is 2.90. The fraction of sp³-hybridized carbons (Fsp3) is 0.308. The van der Waals surface area contributed by atoms with Crippen molar-refractivity contribution in [3.8, 4) is 0 Å². The van der Waals surface area contributed by atoms with Gasteiger partial charge >= 0.3 is 5.97 Å². The molecule has 0 aliphatic carbocycles. The van der Waals surface area contributed by atoms with E-state index in [4.69, 9.17) is 5.73 Å². The highest BCUT2D eigenvalue weighted by Crippen LogP contribution is 2.24. The summed E-state index contributed by atoms with van der Waals surface area (Å²) in [4.78, 5) is 14.1. The van der Waals surface area contributed by atoms with Crippen molar-refractivity contribution in [1.82, 2.24) is 4.98 Å². The molecule has 0 radical (unpaired) electrons. The Bertz CT molecular complexity index is 570. The Morgan fingerprint density at radius 1 is 1.53 bits per heavy atom. The van der Waals surface area contributed by atoms with Gasteiger partial charge in [0.25, 0.3) is 0 Å². The van der Waals surface area contributed by atoms with Gasteiger partial charge in [-0.05, 0) is 38.0 Å². The van der Waals surface area contributed by atoms with Crippen LogP contribution in [0.5, 0.6) is 0 Å². The number of fused-ring (bicyclic) bond motifs is 1. The molecule has 0 aliphatic rings. The highest BCUT2D eigenvalue weighted by Gasteiger charge is 2.17. The van der Waals surface area contributed by atoms with Gasteiger partial charge in [-0.25, -0.2) is 4.79 Å². The van der Waals surface area contributed by atoms with Crippen LogP contribution in [0.3, 0.4) is 0 Å². The van der Waals surface area contributed by atoms with E-state index >= 15 is 0 Å². The zero-order valence-corrected chi connectivity index (χ0v) is 9.95. The molecule has 4 N–H and O–H groups in total. The predicted octanol–water partition coefficient (Wildman–Crippen LogP) is 2.06. The van der Waals surface area contributed by atoms with Crippen molar-refractivity contribution >= 4 is 16.9 Å². The van der Waals surface area contributed by atoms with E-state index in [1.165, 1.54) is 0 Å². The van der Waals surface area contributed by atoms with Gasteiger partial charge in [0, 0.05) is 16.9 Å². The van der Waals surface area contributed by atoms with Gasteiger partial charge in [0.2, 0.25) is 0 Å². The molecule has 1 aromatic carbocycles. The molecule has 4 heteroatoms. The van der Waals surface area contributed by atoms with Gasteiger partial charge in [-0.2, -0.15) is 0 Å². The molecule has 17 heavy (non-hydrogen) atoms. The summed E-state index contributed by atoms with van der Waals surface area (Å²) in [5, 5.41) is 10.1. The Balaban J connectivity index is 2.68. The molecule has 1 unspecified atom stereocenters. The fourth-order valence-electron chi connectivity index (χ4n) is 2.08. The smallest absolute Gasteiger partial charge is 0.352 e. The summed E-state index contributed by atoms with van der Waals surface area (Å²) in [6, 6.07) is 5.80.